The Morgan fingerprint density at radius 2 is 1.89 bits per heavy atom. The third kappa shape index (κ3) is 2.90. The maximum atomic E-state index is 5.80. The fourth-order valence-electron chi connectivity index (χ4n) is 2.15. The van der Waals surface area contributed by atoms with Crippen LogP contribution in [0.25, 0.3) is 11.4 Å². The van der Waals surface area contributed by atoms with Crippen molar-refractivity contribution in [3.05, 3.63) is 42.2 Å². The van der Waals surface area contributed by atoms with Gasteiger partial charge in [0.2, 0.25) is 0 Å². The lowest BCUT2D eigenvalue weighted by atomic mass is 10.1. The van der Waals surface area contributed by atoms with Crippen LogP contribution in [0.5, 0.6) is 5.75 Å². The Balaban J connectivity index is 1.72. The smallest absolute Gasteiger partial charge is 0.159 e. The first kappa shape index (κ1) is 12.1. The van der Waals surface area contributed by atoms with E-state index in [-0.39, 0.29) is 6.10 Å². The van der Waals surface area contributed by atoms with Crippen LogP contribution >= 0.6 is 0 Å². The quantitative estimate of drug-likeness (QED) is 0.913. The molecule has 19 heavy (non-hydrogen) atoms. The van der Waals surface area contributed by atoms with Crippen molar-refractivity contribution in [3.8, 4) is 17.1 Å². The van der Waals surface area contributed by atoms with Gasteiger partial charge in [0, 0.05) is 12.1 Å². The molecule has 0 bridgehead atoms. The molecule has 0 radical (unpaired) electrons. The first-order valence-electron chi connectivity index (χ1n) is 6.58. The van der Waals surface area contributed by atoms with E-state index in [0.717, 1.165) is 36.6 Å². The van der Waals surface area contributed by atoms with Gasteiger partial charge < -0.3 is 10.1 Å². The number of rotatable bonds is 3. The molecule has 1 unspecified atom stereocenters. The van der Waals surface area contributed by atoms with E-state index in [1.165, 1.54) is 5.56 Å². The van der Waals surface area contributed by atoms with E-state index in [2.05, 4.69) is 34.3 Å². The van der Waals surface area contributed by atoms with Crippen LogP contribution in [0.2, 0.25) is 0 Å². The fourth-order valence-corrected chi connectivity index (χ4v) is 2.15. The Hall–Kier alpha value is -1.94. The van der Waals surface area contributed by atoms with Gasteiger partial charge in [0.05, 0.1) is 12.4 Å². The Bertz CT molecular complexity index is 530. The average Bonchev–Trinajstić information content (AvgIpc) is 2.94. The Morgan fingerprint density at radius 1 is 1.16 bits per heavy atom. The SMILES string of the molecule is Cc1ccc(-c2ncc(OC3CCNC3)cn2)cc1. The molecule has 1 aliphatic heterocycles. The van der Waals surface area contributed by atoms with E-state index < -0.39 is 0 Å². The summed E-state index contributed by atoms with van der Waals surface area (Å²) in [7, 11) is 0. The Labute approximate surface area is 112 Å². The molecule has 0 saturated carbocycles. The van der Waals surface area contributed by atoms with Crippen LogP contribution in [0.15, 0.2) is 36.7 Å². The van der Waals surface area contributed by atoms with Crippen molar-refractivity contribution < 1.29 is 4.74 Å². The molecule has 2 heterocycles. The summed E-state index contributed by atoms with van der Waals surface area (Å²) < 4.78 is 5.80. The molecule has 1 saturated heterocycles. The van der Waals surface area contributed by atoms with Gasteiger partial charge in [-0.25, -0.2) is 9.97 Å². The van der Waals surface area contributed by atoms with Crippen molar-refractivity contribution in [1.82, 2.24) is 15.3 Å². The van der Waals surface area contributed by atoms with Gasteiger partial charge in [-0.2, -0.15) is 0 Å². The van der Waals surface area contributed by atoms with Crippen LogP contribution < -0.4 is 10.1 Å². The van der Waals surface area contributed by atoms with Crippen LogP contribution in [0.3, 0.4) is 0 Å². The zero-order chi connectivity index (χ0) is 13.1. The third-order valence-corrected chi connectivity index (χ3v) is 3.26. The first-order valence-corrected chi connectivity index (χ1v) is 6.58. The molecule has 1 N–H and O–H groups in total. The molecular formula is C15H17N3O. The molecule has 1 atom stereocenters. The van der Waals surface area contributed by atoms with Gasteiger partial charge in [-0.05, 0) is 19.9 Å². The Kier molecular flexibility index (Phi) is 3.42. The first-order chi connectivity index (χ1) is 9.31. The molecule has 4 heteroatoms. The number of hydrogen-bond donors (Lipinski definition) is 1. The molecule has 0 spiro atoms. The molecule has 1 aliphatic rings. The number of aryl methyl sites for hydroxylation is 1. The molecule has 0 amide bonds. The maximum absolute atomic E-state index is 5.80. The van der Waals surface area contributed by atoms with Gasteiger partial charge >= 0.3 is 0 Å². The standard InChI is InChI=1S/C15H17N3O/c1-11-2-4-12(5-3-11)15-17-9-14(10-18-15)19-13-6-7-16-8-13/h2-5,9-10,13,16H,6-8H2,1H3. The predicted octanol–water partition coefficient (Wildman–Crippen LogP) is 2.19. The number of benzene rings is 1. The van der Waals surface area contributed by atoms with Crippen LogP contribution in [0.1, 0.15) is 12.0 Å². The average molecular weight is 255 g/mol. The predicted molar refractivity (Wildman–Crippen MR) is 74.1 cm³/mol. The van der Waals surface area contributed by atoms with Crippen LogP contribution in [-0.4, -0.2) is 29.2 Å². The van der Waals surface area contributed by atoms with Crippen molar-refractivity contribution in [2.75, 3.05) is 13.1 Å². The minimum atomic E-state index is 0.244. The highest BCUT2D eigenvalue weighted by Gasteiger charge is 2.16. The summed E-state index contributed by atoms with van der Waals surface area (Å²) in [6, 6.07) is 8.19. The molecule has 1 aromatic carbocycles. The minimum Gasteiger partial charge on any atom is -0.486 e. The maximum Gasteiger partial charge on any atom is 0.159 e. The number of nitrogens with one attached hydrogen (secondary N) is 1. The van der Waals surface area contributed by atoms with E-state index in [9.17, 15) is 0 Å². The van der Waals surface area contributed by atoms with Crippen LogP contribution in [0.4, 0.5) is 0 Å². The van der Waals surface area contributed by atoms with Crippen molar-refractivity contribution in [3.63, 3.8) is 0 Å². The lowest BCUT2D eigenvalue weighted by molar-refractivity contribution is 0.221. The van der Waals surface area contributed by atoms with Gasteiger partial charge in [-0.1, -0.05) is 29.8 Å². The zero-order valence-corrected chi connectivity index (χ0v) is 11.0. The second kappa shape index (κ2) is 5.36. The zero-order valence-electron chi connectivity index (χ0n) is 11.0. The van der Waals surface area contributed by atoms with E-state index in [0.29, 0.717) is 0 Å². The third-order valence-electron chi connectivity index (χ3n) is 3.26. The highest BCUT2D eigenvalue weighted by atomic mass is 16.5. The summed E-state index contributed by atoms with van der Waals surface area (Å²) in [5.41, 5.74) is 2.26. The van der Waals surface area contributed by atoms with Crippen molar-refractivity contribution in [1.29, 1.82) is 0 Å². The Morgan fingerprint density at radius 3 is 2.53 bits per heavy atom. The molecule has 98 valence electrons. The highest BCUT2D eigenvalue weighted by Crippen LogP contribution is 2.18. The molecule has 3 rings (SSSR count). The van der Waals surface area contributed by atoms with Gasteiger partial charge in [-0.3, -0.25) is 0 Å². The fraction of sp³-hybridized carbons (Fsp3) is 0.333. The summed E-state index contributed by atoms with van der Waals surface area (Å²) in [4.78, 5) is 8.73. The topological polar surface area (TPSA) is 47.0 Å². The minimum absolute atomic E-state index is 0.244. The molecule has 4 nitrogen and oxygen atoms in total. The summed E-state index contributed by atoms with van der Waals surface area (Å²) in [5, 5.41) is 3.27. The summed E-state index contributed by atoms with van der Waals surface area (Å²) >= 11 is 0. The normalized spacial score (nSPS) is 18.5. The van der Waals surface area contributed by atoms with Crippen LogP contribution in [-0.2, 0) is 0 Å². The summed E-state index contributed by atoms with van der Waals surface area (Å²) in [6.45, 7) is 3.99. The number of nitrogens with zero attached hydrogens (tertiary/aromatic N) is 2. The second-order valence-corrected chi connectivity index (χ2v) is 4.84. The monoisotopic (exact) mass is 255 g/mol. The van der Waals surface area contributed by atoms with Crippen LogP contribution in [0, 0.1) is 6.92 Å². The van der Waals surface area contributed by atoms with E-state index in [1.54, 1.807) is 12.4 Å². The molecule has 0 aliphatic carbocycles. The number of aromatic nitrogens is 2. The van der Waals surface area contributed by atoms with E-state index in [4.69, 9.17) is 4.74 Å². The molecule has 2 aromatic rings. The molecule has 1 fully saturated rings. The number of ether oxygens (including phenoxy) is 1. The van der Waals surface area contributed by atoms with E-state index >= 15 is 0 Å². The van der Waals surface area contributed by atoms with Gasteiger partial charge in [-0.15, -0.1) is 0 Å². The van der Waals surface area contributed by atoms with Crippen molar-refractivity contribution >= 4 is 0 Å². The van der Waals surface area contributed by atoms with Crippen molar-refractivity contribution in [2.24, 2.45) is 0 Å². The lowest BCUT2D eigenvalue weighted by Crippen LogP contribution is -2.19. The van der Waals surface area contributed by atoms with Crippen molar-refractivity contribution in [2.45, 2.75) is 19.4 Å². The summed E-state index contributed by atoms with van der Waals surface area (Å²) in [6.07, 6.45) is 4.79. The van der Waals surface area contributed by atoms with Gasteiger partial charge in [0.25, 0.3) is 0 Å². The molecule has 1 aromatic heterocycles. The number of hydrogen-bond acceptors (Lipinski definition) is 4. The lowest BCUT2D eigenvalue weighted by Gasteiger charge is -2.11. The van der Waals surface area contributed by atoms with E-state index in [1.807, 2.05) is 12.1 Å². The summed E-state index contributed by atoms with van der Waals surface area (Å²) in [5.74, 6) is 1.47. The highest BCUT2D eigenvalue weighted by molar-refractivity contribution is 5.55. The largest absolute Gasteiger partial charge is 0.486 e. The second-order valence-electron chi connectivity index (χ2n) is 4.84. The van der Waals surface area contributed by atoms with Gasteiger partial charge in [0.1, 0.15) is 6.10 Å². The molecular weight excluding hydrogens is 238 g/mol. The van der Waals surface area contributed by atoms with Gasteiger partial charge in [0.15, 0.2) is 11.6 Å².